The van der Waals surface area contributed by atoms with E-state index < -0.39 is 20.0 Å². The molecule has 3 atom stereocenters. The Morgan fingerprint density at radius 3 is 1.59 bits per heavy atom. The number of carbonyl (C=O) groups excluding carboxylic acids is 1. The molecule has 0 saturated carbocycles. The standard InChI is InChI=1S/C47H85N2O6P/c1-3-5-7-9-11-13-15-17-19-21-22-23-25-26-28-30-32-34-36-38-40-46(50)45(44-55-56(52,53)54-43-42-48)49-47(51)41-39-37-35-33-31-29-27-24-20-18-16-14-12-10-8-6-4-2/h6,8,12,14,18,20,23,25,30,32,38,40,45-46,50H,3-5,7,9-11,13,15-17,19,21-22,24,26-29,31,33-37,39,41-44,48H2,1-2H3,(H,49,51)(H,52,53)/b8-6-,14-12-,20-18-,25-23+,32-30+,40-38+. The number of aliphatic hydroxyl groups excluding tert-OH is 1. The van der Waals surface area contributed by atoms with E-state index in [1.165, 1.54) is 89.9 Å². The summed E-state index contributed by atoms with van der Waals surface area (Å²) in [6, 6.07) is -0.892. The first kappa shape index (κ1) is 53.9. The molecule has 0 aliphatic heterocycles. The van der Waals surface area contributed by atoms with Gasteiger partial charge in [-0.25, -0.2) is 4.57 Å². The van der Waals surface area contributed by atoms with Crippen LogP contribution in [0.25, 0.3) is 0 Å². The van der Waals surface area contributed by atoms with Crippen LogP contribution in [0.3, 0.4) is 0 Å². The minimum absolute atomic E-state index is 0.0666. The van der Waals surface area contributed by atoms with Gasteiger partial charge in [-0.05, 0) is 77.0 Å². The molecule has 0 aromatic rings. The lowest BCUT2D eigenvalue weighted by Crippen LogP contribution is -2.45. The van der Waals surface area contributed by atoms with Crippen molar-refractivity contribution in [1.82, 2.24) is 5.32 Å². The molecule has 0 aromatic carbocycles. The molecule has 0 aromatic heterocycles. The molecule has 0 radical (unpaired) electrons. The molecule has 8 nitrogen and oxygen atoms in total. The van der Waals surface area contributed by atoms with Crippen LogP contribution in [-0.2, 0) is 18.4 Å². The second-order valence-corrected chi connectivity index (χ2v) is 16.3. The minimum atomic E-state index is -4.36. The zero-order valence-corrected chi connectivity index (χ0v) is 36.7. The van der Waals surface area contributed by atoms with E-state index in [2.05, 4.69) is 79.9 Å². The maximum Gasteiger partial charge on any atom is 0.472 e. The van der Waals surface area contributed by atoms with E-state index in [1.807, 2.05) is 6.08 Å². The Morgan fingerprint density at radius 2 is 1.05 bits per heavy atom. The Labute approximate surface area is 344 Å². The molecule has 9 heteroatoms. The van der Waals surface area contributed by atoms with Crippen molar-refractivity contribution in [2.45, 2.75) is 199 Å². The number of phosphoric ester groups is 1. The Morgan fingerprint density at radius 1 is 0.607 bits per heavy atom. The van der Waals surface area contributed by atoms with Crippen molar-refractivity contribution in [3.05, 3.63) is 72.9 Å². The first-order valence-corrected chi connectivity index (χ1v) is 24.1. The van der Waals surface area contributed by atoms with Gasteiger partial charge >= 0.3 is 7.82 Å². The predicted octanol–water partition coefficient (Wildman–Crippen LogP) is 12.8. The molecule has 0 spiro atoms. The first-order chi connectivity index (χ1) is 27.4. The van der Waals surface area contributed by atoms with Crippen molar-refractivity contribution in [2.24, 2.45) is 5.73 Å². The number of allylic oxidation sites excluding steroid dienone is 11. The molecule has 5 N–H and O–H groups in total. The summed E-state index contributed by atoms with van der Waals surface area (Å²) in [6.45, 7) is 3.98. The summed E-state index contributed by atoms with van der Waals surface area (Å²) in [5, 5.41) is 13.7. The molecule has 324 valence electrons. The highest BCUT2D eigenvalue weighted by molar-refractivity contribution is 7.47. The van der Waals surface area contributed by atoms with Gasteiger partial charge in [-0.15, -0.1) is 0 Å². The van der Waals surface area contributed by atoms with Crippen molar-refractivity contribution in [1.29, 1.82) is 0 Å². The number of carbonyl (C=O) groups is 1. The molecule has 56 heavy (non-hydrogen) atoms. The maximum atomic E-state index is 12.8. The summed E-state index contributed by atoms with van der Waals surface area (Å²) < 4.78 is 22.1. The van der Waals surface area contributed by atoms with Gasteiger partial charge in [0.2, 0.25) is 5.91 Å². The smallest absolute Gasteiger partial charge is 0.387 e. The topological polar surface area (TPSA) is 131 Å². The quantitative estimate of drug-likeness (QED) is 0.0275. The van der Waals surface area contributed by atoms with E-state index >= 15 is 0 Å². The van der Waals surface area contributed by atoms with Gasteiger partial charge in [-0.2, -0.15) is 0 Å². The number of unbranched alkanes of at least 4 members (excludes halogenated alkanes) is 19. The molecule has 1 amide bonds. The van der Waals surface area contributed by atoms with E-state index in [0.717, 1.165) is 77.0 Å². The van der Waals surface area contributed by atoms with E-state index in [4.69, 9.17) is 14.8 Å². The number of hydrogen-bond acceptors (Lipinski definition) is 6. The lowest BCUT2D eigenvalue weighted by atomic mass is 10.1. The largest absolute Gasteiger partial charge is 0.472 e. The summed E-state index contributed by atoms with van der Waals surface area (Å²) in [5.41, 5.74) is 5.37. The van der Waals surface area contributed by atoms with Gasteiger partial charge in [-0.3, -0.25) is 13.8 Å². The number of nitrogens with two attached hydrogens (primary N) is 1. The molecular weight excluding hydrogens is 719 g/mol. The molecule has 0 aliphatic carbocycles. The lowest BCUT2D eigenvalue weighted by Gasteiger charge is -2.23. The zero-order valence-electron chi connectivity index (χ0n) is 35.8. The number of nitrogens with one attached hydrogen (secondary N) is 1. The molecule has 0 bridgehead atoms. The zero-order chi connectivity index (χ0) is 41.1. The highest BCUT2D eigenvalue weighted by atomic mass is 31.2. The number of phosphoric acid groups is 1. The first-order valence-electron chi connectivity index (χ1n) is 22.6. The third-order valence-electron chi connectivity index (χ3n) is 9.49. The fraction of sp³-hybridized carbons (Fsp3) is 0.723. The van der Waals surface area contributed by atoms with Crippen LogP contribution in [0.1, 0.15) is 187 Å². The second kappa shape index (κ2) is 42.5. The van der Waals surface area contributed by atoms with Crippen LogP contribution in [0.2, 0.25) is 0 Å². The summed E-state index contributed by atoms with van der Waals surface area (Å²) >= 11 is 0. The highest BCUT2D eigenvalue weighted by Crippen LogP contribution is 2.43. The summed E-state index contributed by atoms with van der Waals surface area (Å²) in [6.07, 6.45) is 55.3. The monoisotopic (exact) mass is 805 g/mol. The van der Waals surface area contributed by atoms with E-state index in [1.54, 1.807) is 6.08 Å². The van der Waals surface area contributed by atoms with Gasteiger partial charge in [0.05, 0.1) is 25.4 Å². The Hall–Kier alpha value is -2.06. The highest BCUT2D eigenvalue weighted by Gasteiger charge is 2.26. The van der Waals surface area contributed by atoms with Gasteiger partial charge < -0.3 is 21.1 Å². The van der Waals surface area contributed by atoms with Crippen LogP contribution in [0.15, 0.2) is 72.9 Å². The molecule has 0 rings (SSSR count). The van der Waals surface area contributed by atoms with Crippen LogP contribution < -0.4 is 11.1 Å². The number of amides is 1. The van der Waals surface area contributed by atoms with Crippen LogP contribution in [-0.4, -0.2) is 47.8 Å². The number of rotatable bonds is 41. The summed E-state index contributed by atoms with van der Waals surface area (Å²) in [7, 11) is -4.36. The summed E-state index contributed by atoms with van der Waals surface area (Å²) in [4.78, 5) is 22.7. The molecule has 0 heterocycles. The average molecular weight is 805 g/mol. The van der Waals surface area contributed by atoms with E-state index in [-0.39, 0.29) is 25.7 Å². The van der Waals surface area contributed by atoms with E-state index in [9.17, 15) is 19.4 Å². The fourth-order valence-corrected chi connectivity index (χ4v) is 6.88. The van der Waals surface area contributed by atoms with Gasteiger partial charge in [0, 0.05) is 13.0 Å². The van der Waals surface area contributed by atoms with Crippen LogP contribution in [0.4, 0.5) is 0 Å². The predicted molar refractivity (Wildman–Crippen MR) is 240 cm³/mol. The van der Waals surface area contributed by atoms with Gasteiger partial charge in [0.1, 0.15) is 0 Å². The van der Waals surface area contributed by atoms with Crippen molar-refractivity contribution < 1.29 is 28.4 Å². The third-order valence-corrected chi connectivity index (χ3v) is 10.5. The number of aliphatic hydroxyl groups is 1. The van der Waals surface area contributed by atoms with Crippen LogP contribution >= 0.6 is 7.82 Å². The maximum absolute atomic E-state index is 12.8. The molecule has 0 fully saturated rings. The second-order valence-electron chi connectivity index (χ2n) is 14.9. The van der Waals surface area contributed by atoms with Crippen molar-refractivity contribution in [2.75, 3.05) is 19.8 Å². The van der Waals surface area contributed by atoms with Crippen molar-refractivity contribution >= 4 is 13.7 Å². The van der Waals surface area contributed by atoms with Crippen molar-refractivity contribution in [3.63, 3.8) is 0 Å². The van der Waals surface area contributed by atoms with Gasteiger partial charge in [0.15, 0.2) is 0 Å². The average Bonchev–Trinajstić information content (AvgIpc) is 3.19. The van der Waals surface area contributed by atoms with Crippen molar-refractivity contribution in [3.8, 4) is 0 Å². The lowest BCUT2D eigenvalue weighted by molar-refractivity contribution is -0.123. The SMILES string of the molecule is CC/C=C\C/C=C\C/C=C\CCCCCCCCCC(=O)NC(COP(=O)(O)OCCN)C(O)/C=C/CC/C=C/CC/C=C/CCCCCCCCCCCC. The Balaban J connectivity index is 4.30. The third kappa shape index (κ3) is 40.1. The summed E-state index contributed by atoms with van der Waals surface area (Å²) in [5.74, 6) is -0.221. The van der Waals surface area contributed by atoms with Gasteiger partial charge in [-0.1, -0.05) is 177 Å². The Kier molecular flexibility index (Phi) is 41.0. The van der Waals surface area contributed by atoms with Crippen LogP contribution in [0, 0.1) is 0 Å². The molecule has 3 unspecified atom stereocenters. The van der Waals surface area contributed by atoms with Crippen LogP contribution in [0.5, 0.6) is 0 Å². The fourth-order valence-electron chi connectivity index (χ4n) is 6.12. The normalized spacial score (nSPS) is 14.7. The minimum Gasteiger partial charge on any atom is -0.387 e. The van der Waals surface area contributed by atoms with E-state index in [0.29, 0.717) is 6.42 Å². The molecule has 0 saturated heterocycles. The van der Waals surface area contributed by atoms with Gasteiger partial charge in [0.25, 0.3) is 0 Å². The number of hydrogen-bond donors (Lipinski definition) is 4. The molecule has 0 aliphatic rings. The Bertz CT molecular complexity index is 1100. The molecular formula is C47H85N2O6P.